The zero-order valence-corrected chi connectivity index (χ0v) is 20.3. The minimum Gasteiger partial charge on any atom is -0.383 e. The Kier molecular flexibility index (Phi) is 7.89. The van der Waals surface area contributed by atoms with Crippen LogP contribution in [0, 0.1) is 0 Å². The Morgan fingerprint density at radius 2 is 1.85 bits per heavy atom. The van der Waals surface area contributed by atoms with Crippen molar-refractivity contribution in [3.8, 4) is 0 Å². The van der Waals surface area contributed by atoms with E-state index in [1.54, 1.807) is 0 Å². The van der Waals surface area contributed by atoms with E-state index < -0.39 is 65.3 Å². The molecule has 0 amide bonds. The van der Waals surface area contributed by atoms with Gasteiger partial charge in [0.1, 0.15) is 23.1 Å². The highest BCUT2D eigenvalue weighted by molar-refractivity contribution is 7.66. The molecule has 1 aromatic rings. The van der Waals surface area contributed by atoms with Gasteiger partial charge in [-0.1, -0.05) is 6.08 Å². The van der Waals surface area contributed by atoms with Gasteiger partial charge >= 0.3 is 29.2 Å². The predicted octanol–water partition coefficient (Wildman–Crippen LogP) is -0.0284. The van der Waals surface area contributed by atoms with Gasteiger partial charge in [0.05, 0.1) is 13.2 Å². The van der Waals surface area contributed by atoms with Crippen molar-refractivity contribution < 1.29 is 60.6 Å². The zero-order valence-electron chi connectivity index (χ0n) is 17.6. The zero-order chi connectivity index (χ0) is 26.4. The van der Waals surface area contributed by atoms with Crippen molar-refractivity contribution in [1.82, 2.24) is 9.55 Å². The van der Waals surface area contributed by atoms with Crippen LogP contribution in [-0.4, -0.2) is 63.8 Å². The van der Waals surface area contributed by atoms with Crippen LogP contribution in [-0.2, 0) is 38.1 Å². The Bertz CT molecular complexity index is 1150. The lowest BCUT2D eigenvalue weighted by molar-refractivity contribution is -0.129. The first-order valence-electron chi connectivity index (χ1n) is 9.01. The summed E-state index contributed by atoms with van der Waals surface area (Å²) in [6, 6.07) is 1.25. The minimum absolute atomic E-state index is 0.0972. The largest absolute Gasteiger partial charge is 0.490 e. The third-order valence-corrected chi connectivity index (χ3v) is 8.96. The summed E-state index contributed by atoms with van der Waals surface area (Å²) in [4.78, 5) is 51.5. The third-order valence-electron chi connectivity index (χ3n) is 5.18. The Balaban J connectivity index is 2.29. The minimum atomic E-state index is -5.81. The van der Waals surface area contributed by atoms with Crippen molar-refractivity contribution in [3.63, 3.8) is 0 Å². The van der Waals surface area contributed by atoms with Crippen molar-refractivity contribution in [3.05, 3.63) is 35.4 Å². The smallest absolute Gasteiger partial charge is 0.383 e. The molecule has 4 unspecified atom stereocenters. The van der Waals surface area contributed by atoms with Crippen LogP contribution in [0.4, 0.5) is 10.2 Å². The number of aliphatic hydroxyl groups is 1. The van der Waals surface area contributed by atoms with E-state index in [-0.39, 0.29) is 5.82 Å². The van der Waals surface area contributed by atoms with Crippen molar-refractivity contribution in [2.75, 3.05) is 12.3 Å². The summed E-state index contributed by atoms with van der Waals surface area (Å²) in [6.45, 7) is 3.55. The Morgan fingerprint density at radius 3 is 2.35 bits per heavy atom. The summed E-state index contributed by atoms with van der Waals surface area (Å²) in [5.41, 5.74) is -2.94. The first-order valence-corrected chi connectivity index (χ1v) is 13.5. The molecule has 0 aromatic carbocycles. The number of halogens is 1. The first-order chi connectivity index (χ1) is 15.2. The molecule has 1 saturated heterocycles. The number of ether oxygens (including phenoxy) is 1. The van der Waals surface area contributed by atoms with Crippen LogP contribution in [0.25, 0.3) is 0 Å². The summed E-state index contributed by atoms with van der Waals surface area (Å²) in [5, 5.41) is 11.0. The molecule has 6 atom stereocenters. The van der Waals surface area contributed by atoms with E-state index in [0.29, 0.717) is 0 Å². The van der Waals surface area contributed by atoms with Gasteiger partial charge in [-0.2, -0.15) is 13.6 Å². The molecule has 7 N–H and O–H groups in total. The number of nitrogens with zero attached hydrogens (tertiary/aromatic N) is 2. The second-order valence-electron chi connectivity index (χ2n) is 7.50. The highest BCUT2D eigenvalue weighted by Crippen LogP contribution is 2.66. The predicted molar refractivity (Wildman–Crippen MR) is 111 cm³/mol. The number of aromatic nitrogens is 2. The lowest BCUT2D eigenvalue weighted by Gasteiger charge is -2.39. The molecule has 1 aromatic heterocycles. The molecule has 2 rings (SSSR count). The number of alkyl halides is 1. The van der Waals surface area contributed by atoms with Gasteiger partial charge in [-0.15, -0.1) is 6.58 Å². The number of hydrogen-bond acceptors (Lipinski definition) is 11. The van der Waals surface area contributed by atoms with E-state index in [0.717, 1.165) is 24.5 Å². The van der Waals surface area contributed by atoms with Crippen LogP contribution in [0.2, 0.25) is 0 Å². The second-order valence-corrected chi connectivity index (χ2v) is 11.9. The van der Waals surface area contributed by atoms with Crippen LogP contribution in [0.3, 0.4) is 0 Å². The molecule has 0 radical (unpaired) electrons. The van der Waals surface area contributed by atoms with Crippen molar-refractivity contribution in [2.24, 2.45) is 0 Å². The van der Waals surface area contributed by atoms with E-state index in [2.05, 4.69) is 24.7 Å². The van der Waals surface area contributed by atoms with E-state index in [4.69, 9.17) is 20.3 Å². The van der Waals surface area contributed by atoms with Gasteiger partial charge in [-0.05, 0) is 19.9 Å². The van der Waals surface area contributed by atoms with Gasteiger partial charge in [0, 0.05) is 6.20 Å². The fraction of sp³-hybridized carbons (Fsp3) is 0.571. The summed E-state index contributed by atoms with van der Waals surface area (Å²) in [7, 11) is -17.1. The van der Waals surface area contributed by atoms with Gasteiger partial charge in [0.2, 0.25) is 0 Å². The quantitative estimate of drug-likeness (QED) is 0.164. The molecule has 0 bridgehead atoms. The SMILES string of the molecule is C=C[C@]1(COP(=O)(O)OP(=O)(O)OP(=O)(O)O)O[C@@H](Cn2ccc(N)nc2=O)C(C)(F)C1(C)O. The lowest BCUT2D eigenvalue weighted by Crippen LogP contribution is -2.59. The van der Waals surface area contributed by atoms with Crippen LogP contribution in [0.5, 0.6) is 0 Å². The molecule has 0 aliphatic carbocycles. The number of hydrogen-bond donors (Lipinski definition) is 6. The summed E-state index contributed by atoms with van der Waals surface area (Å²) in [6.07, 6.45) is 0.436. The number of anilines is 1. The van der Waals surface area contributed by atoms with Crippen LogP contribution < -0.4 is 11.4 Å². The van der Waals surface area contributed by atoms with Crippen molar-refractivity contribution in [2.45, 2.75) is 43.4 Å². The highest BCUT2D eigenvalue weighted by Gasteiger charge is 2.69. The molecule has 1 aliphatic heterocycles. The molecule has 2 heterocycles. The molecule has 34 heavy (non-hydrogen) atoms. The maximum absolute atomic E-state index is 15.7. The molecule has 0 spiro atoms. The second kappa shape index (κ2) is 9.28. The monoisotopic (exact) mass is 553 g/mol. The number of phosphoric ester groups is 1. The van der Waals surface area contributed by atoms with Crippen molar-refractivity contribution >= 4 is 29.3 Å². The third kappa shape index (κ3) is 6.08. The van der Waals surface area contributed by atoms with E-state index >= 15 is 4.39 Å². The molecule has 0 saturated carbocycles. The van der Waals surface area contributed by atoms with Gasteiger partial charge < -0.3 is 35.2 Å². The Morgan fingerprint density at radius 1 is 1.26 bits per heavy atom. The molecule has 194 valence electrons. The van der Waals surface area contributed by atoms with Gasteiger partial charge in [-0.25, -0.2) is 22.9 Å². The molecule has 20 heteroatoms. The van der Waals surface area contributed by atoms with Crippen LogP contribution in [0.1, 0.15) is 13.8 Å². The fourth-order valence-electron chi connectivity index (χ4n) is 3.14. The normalized spacial score (nSPS) is 33.2. The summed E-state index contributed by atoms with van der Waals surface area (Å²) in [5.74, 6) is -0.0972. The van der Waals surface area contributed by atoms with E-state index in [1.807, 2.05) is 0 Å². The molecule has 16 nitrogen and oxygen atoms in total. The number of phosphoric acid groups is 3. The van der Waals surface area contributed by atoms with Crippen molar-refractivity contribution in [1.29, 1.82) is 0 Å². The highest BCUT2D eigenvalue weighted by atomic mass is 31.3. The first kappa shape index (κ1) is 28.9. The molecule has 1 aliphatic rings. The van der Waals surface area contributed by atoms with Crippen LogP contribution >= 0.6 is 23.5 Å². The maximum Gasteiger partial charge on any atom is 0.490 e. The van der Waals surface area contributed by atoms with E-state index in [9.17, 15) is 33.4 Å². The molecular weight excluding hydrogens is 530 g/mol. The van der Waals surface area contributed by atoms with Gasteiger partial charge in [0.25, 0.3) is 0 Å². The maximum atomic E-state index is 15.7. The fourth-order valence-corrected chi connectivity index (χ4v) is 6.19. The van der Waals surface area contributed by atoms with Gasteiger partial charge in [0.15, 0.2) is 5.67 Å². The standard InChI is InChI=1S/C14H23FN3O13P3/c1-4-14(8-28-33(24,25)31-34(26,27)30-32(21,22)23)13(3,20)12(2,15)9(29-14)7-18-6-5-10(16)17-11(18)19/h4-6,9,20H,1,7-8H2,2-3H3,(H,24,25)(H,26,27)(H2,16,17,19)(H2,21,22,23)/t9-,12?,13?,14+/m0/s1. The Labute approximate surface area is 191 Å². The lowest BCUT2D eigenvalue weighted by atomic mass is 9.75. The number of rotatable bonds is 10. The Hall–Kier alpha value is -1.32. The van der Waals surface area contributed by atoms with Crippen LogP contribution in [0.15, 0.2) is 29.7 Å². The molecular formula is C14H23FN3O13P3. The average molecular weight is 553 g/mol. The summed E-state index contributed by atoms with van der Waals surface area (Å²) >= 11 is 0. The summed E-state index contributed by atoms with van der Waals surface area (Å²) < 4.78 is 68.2. The molecule has 1 fully saturated rings. The van der Waals surface area contributed by atoms with E-state index in [1.165, 1.54) is 12.3 Å². The topological polar surface area (TPSA) is 250 Å². The van der Waals surface area contributed by atoms with Gasteiger partial charge in [-0.3, -0.25) is 9.09 Å². The average Bonchev–Trinajstić information content (AvgIpc) is 2.76. The number of nitrogens with two attached hydrogens (primary N) is 1. The number of nitrogen functional groups attached to an aromatic ring is 1.